The monoisotopic (exact) mass is 461 g/mol. The molecule has 0 saturated heterocycles. The van der Waals surface area contributed by atoms with Gasteiger partial charge in [0, 0.05) is 0 Å². The Kier molecular flexibility index (Phi) is 13.1. The molecular formula is C17H31N7O8. The molecule has 0 fully saturated rings. The van der Waals surface area contributed by atoms with E-state index in [0.717, 1.165) is 0 Å². The lowest BCUT2D eigenvalue weighted by molar-refractivity contribution is -0.144. The summed E-state index contributed by atoms with van der Waals surface area (Å²) in [5, 5.41) is 24.7. The Bertz CT molecular complexity index is 702. The molecule has 0 aromatic heterocycles. The number of carbonyl (C=O) groups is 6. The topological polar surface area (TPSA) is 283 Å². The molecule has 4 atom stereocenters. The molecule has 0 bridgehead atoms. The standard InChI is InChI=1S/C17H31N7O8/c18-4-2-1-3-9(22-14(28)8(19)7-25)15(29)23-10(5-12(20)26)16(30)24-11(17(31)32)6-13(21)27/h8-11,25H,1-7,18-19H2,(H2,20,26)(H2,21,27)(H,22,28)(H,23,29)(H,24,30)(H,31,32). The van der Waals surface area contributed by atoms with Gasteiger partial charge >= 0.3 is 5.97 Å². The largest absolute Gasteiger partial charge is 0.480 e. The lowest BCUT2D eigenvalue weighted by Crippen LogP contribution is -2.58. The minimum absolute atomic E-state index is 0.0945. The van der Waals surface area contributed by atoms with E-state index in [0.29, 0.717) is 19.4 Å². The Morgan fingerprint density at radius 1 is 0.750 bits per heavy atom. The summed E-state index contributed by atoms with van der Waals surface area (Å²) in [5.41, 5.74) is 20.9. The van der Waals surface area contributed by atoms with Crippen molar-refractivity contribution in [3.63, 3.8) is 0 Å². The van der Waals surface area contributed by atoms with Gasteiger partial charge in [-0.1, -0.05) is 0 Å². The summed E-state index contributed by atoms with van der Waals surface area (Å²) < 4.78 is 0. The zero-order valence-corrected chi connectivity index (χ0v) is 17.4. The third kappa shape index (κ3) is 11.2. The Morgan fingerprint density at radius 2 is 1.22 bits per heavy atom. The molecule has 0 aliphatic rings. The zero-order chi connectivity index (χ0) is 24.8. The van der Waals surface area contributed by atoms with Gasteiger partial charge in [-0.25, -0.2) is 4.79 Å². The highest BCUT2D eigenvalue weighted by molar-refractivity contribution is 5.96. The molecule has 0 aliphatic carbocycles. The second kappa shape index (κ2) is 14.7. The first-order chi connectivity index (χ1) is 14.9. The van der Waals surface area contributed by atoms with E-state index >= 15 is 0 Å². The van der Waals surface area contributed by atoms with Crippen molar-refractivity contribution >= 4 is 35.5 Å². The van der Waals surface area contributed by atoms with Crippen molar-refractivity contribution in [2.24, 2.45) is 22.9 Å². The van der Waals surface area contributed by atoms with E-state index in [1.54, 1.807) is 0 Å². The van der Waals surface area contributed by atoms with Gasteiger partial charge in [0.15, 0.2) is 0 Å². The maximum atomic E-state index is 12.7. The number of rotatable bonds is 16. The fourth-order valence-corrected chi connectivity index (χ4v) is 2.48. The number of unbranched alkanes of at least 4 members (excludes halogenated alkanes) is 1. The van der Waals surface area contributed by atoms with Crippen molar-refractivity contribution in [3.05, 3.63) is 0 Å². The molecule has 0 aromatic carbocycles. The number of hydrogen-bond donors (Lipinski definition) is 9. The molecule has 0 spiro atoms. The number of aliphatic hydroxyl groups excluding tert-OH is 1. The van der Waals surface area contributed by atoms with Crippen LogP contribution < -0.4 is 38.9 Å². The Labute approximate surface area is 183 Å². The quantitative estimate of drug-likeness (QED) is 0.0983. The molecule has 0 aliphatic heterocycles. The lowest BCUT2D eigenvalue weighted by atomic mass is 10.1. The number of hydrogen-bond acceptors (Lipinski definition) is 9. The van der Waals surface area contributed by atoms with Crippen LogP contribution in [-0.4, -0.2) is 83.0 Å². The highest BCUT2D eigenvalue weighted by Crippen LogP contribution is 2.04. The van der Waals surface area contributed by atoms with Crippen molar-refractivity contribution in [1.29, 1.82) is 0 Å². The van der Waals surface area contributed by atoms with E-state index in [4.69, 9.17) is 33.1 Å². The number of carboxylic acid groups (broad SMARTS) is 1. The van der Waals surface area contributed by atoms with Crippen molar-refractivity contribution in [3.8, 4) is 0 Å². The maximum absolute atomic E-state index is 12.7. The normalized spacial score (nSPS) is 14.3. The second-order valence-corrected chi connectivity index (χ2v) is 6.94. The van der Waals surface area contributed by atoms with Crippen molar-refractivity contribution < 1.29 is 39.0 Å². The van der Waals surface area contributed by atoms with Crippen molar-refractivity contribution in [2.45, 2.75) is 56.3 Å². The molecule has 182 valence electrons. The number of nitrogens with two attached hydrogens (primary N) is 4. The number of amides is 5. The Morgan fingerprint density at radius 3 is 1.69 bits per heavy atom. The smallest absolute Gasteiger partial charge is 0.326 e. The van der Waals surface area contributed by atoms with Crippen LogP contribution in [0.25, 0.3) is 0 Å². The molecule has 5 amide bonds. The third-order valence-electron chi connectivity index (χ3n) is 4.17. The third-order valence-corrected chi connectivity index (χ3v) is 4.17. The molecule has 32 heavy (non-hydrogen) atoms. The average molecular weight is 461 g/mol. The Hall–Kier alpha value is -3.30. The molecule has 4 unspecified atom stereocenters. The summed E-state index contributed by atoms with van der Waals surface area (Å²) in [7, 11) is 0. The summed E-state index contributed by atoms with van der Waals surface area (Å²) in [6, 6.07) is -5.80. The highest BCUT2D eigenvalue weighted by atomic mass is 16.4. The minimum atomic E-state index is -1.70. The van der Waals surface area contributed by atoms with Gasteiger partial charge in [-0.05, 0) is 25.8 Å². The van der Waals surface area contributed by atoms with Crippen LogP contribution in [0.3, 0.4) is 0 Å². The van der Waals surface area contributed by atoms with E-state index in [2.05, 4.69) is 10.6 Å². The lowest BCUT2D eigenvalue weighted by Gasteiger charge is -2.24. The van der Waals surface area contributed by atoms with Gasteiger partial charge in [-0.3, -0.25) is 24.0 Å². The number of carboxylic acids is 1. The Balaban J connectivity index is 5.49. The van der Waals surface area contributed by atoms with Crippen LogP contribution in [0, 0.1) is 0 Å². The zero-order valence-electron chi connectivity index (χ0n) is 17.4. The molecule has 15 heteroatoms. The number of aliphatic hydroxyl groups is 1. The summed E-state index contributed by atoms with van der Waals surface area (Å²) in [6.45, 7) is -0.353. The number of carbonyl (C=O) groups excluding carboxylic acids is 5. The van der Waals surface area contributed by atoms with E-state index in [1.807, 2.05) is 5.32 Å². The first-order valence-electron chi connectivity index (χ1n) is 9.69. The molecule has 0 radical (unpaired) electrons. The minimum Gasteiger partial charge on any atom is -0.480 e. The van der Waals surface area contributed by atoms with Crippen molar-refractivity contribution in [2.75, 3.05) is 13.2 Å². The summed E-state index contributed by atoms with van der Waals surface area (Å²) in [6.07, 6.45) is -0.396. The number of primary amides is 2. The van der Waals surface area contributed by atoms with Crippen LogP contribution in [0.15, 0.2) is 0 Å². The molecule has 0 heterocycles. The van der Waals surface area contributed by atoms with Crippen LogP contribution in [0.5, 0.6) is 0 Å². The number of nitrogens with one attached hydrogen (secondary N) is 3. The average Bonchev–Trinajstić information content (AvgIpc) is 2.70. The number of aliphatic carboxylic acids is 1. The molecule has 13 N–H and O–H groups in total. The molecule has 0 saturated carbocycles. The predicted octanol–water partition coefficient (Wildman–Crippen LogP) is -5.28. The maximum Gasteiger partial charge on any atom is 0.326 e. The van der Waals surface area contributed by atoms with E-state index in [-0.39, 0.29) is 6.42 Å². The molecular weight excluding hydrogens is 430 g/mol. The van der Waals surface area contributed by atoms with Gasteiger partial charge in [0.2, 0.25) is 29.5 Å². The van der Waals surface area contributed by atoms with Crippen molar-refractivity contribution in [1.82, 2.24) is 16.0 Å². The van der Waals surface area contributed by atoms with Gasteiger partial charge in [0.05, 0.1) is 19.4 Å². The van der Waals surface area contributed by atoms with E-state index < -0.39 is 79.1 Å². The molecule has 0 aromatic rings. The SMILES string of the molecule is NCCCCC(NC(=O)C(N)CO)C(=O)NC(CC(N)=O)C(=O)NC(CC(N)=O)C(=O)O. The first kappa shape index (κ1) is 28.7. The summed E-state index contributed by atoms with van der Waals surface area (Å²) in [4.78, 5) is 70.7. The van der Waals surface area contributed by atoms with Crippen LogP contribution in [-0.2, 0) is 28.8 Å². The second-order valence-electron chi connectivity index (χ2n) is 6.94. The molecule has 15 nitrogen and oxygen atoms in total. The molecule has 0 rings (SSSR count). The van der Waals surface area contributed by atoms with Gasteiger partial charge in [-0.15, -0.1) is 0 Å². The van der Waals surface area contributed by atoms with Crippen LogP contribution in [0.2, 0.25) is 0 Å². The van der Waals surface area contributed by atoms with Crippen LogP contribution >= 0.6 is 0 Å². The first-order valence-corrected chi connectivity index (χ1v) is 9.69. The van der Waals surface area contributed by atoms with Gasteiger partial charge < -0.3 is 49.1 Å². The summed E-state index contributed by atoms with van der Waals surface area (Å²) in [5.74, 6) is -6.38. The fourth-order valence-electron chi connectivity index (χ4n) is 2.48. The van der Waals surface area contributed by atoms with Gasteiger partial charge in [-0.2, -0.15) is 0 Å². The highest BCUT2D eigenvalue weighted by Gasteiger charge is 2.31. The van der Waals surface area contributed by atoms with Crippen LogP contribution in [0.1, 0.15) is 32.1 Å². The fraction of sp³-hybridized carbons (Fsp3) is 0.647. The van der Waals surface area contributed by atoms with E-state index in [1.165, 1.54) is 0 Å². The van der Waals surface area contributed by atoms with Crippen LogP contribution in [0.4, 0.5) is 0 Å². The van der Waals surface area contributed by atoms with Gasteiger partial charge in [0.1, 0.15) is 24.2 Å². The summed E-state index contributed by atoms with van der Waals surface area (Å²) >= 11 is 0. The predicted molar refractivity (Wildman–Crippen MR) is 109 cm³/mol. The van der Waals surface area contributed by atoms with Gasteiger partial charge in [0.25, 0.3) is 0 Å². The van der Waals surface area contributed by atoms with E-state index in [9.17, 15) is 28.8 Å².